The van der Waals surface area contributed by atoms with E-state index in [-0.39, 0.29) is 0 Å². The minimum absolute atomic E-state index is 0.316. The molecule has 3 rings (SSSR count). The average Bonchev–Trinajstić information content (AvgIpc) is 2.88. The van der Waals surface area contributed by atoms with Crippen LogP contribution < -0.4 is 10.5 Å². The van der Waals surface area contributed by atoms with Crippen molar-refractivity contribution in [3.05, 3.63) is 60.0 Å². The molecular formula is C15H14N2O2. The van der Waals surface area contributed by atoms with Gasteiger partial charge in [-0.2, -0.15) is 0 Å². The molecule has 2 aromatic carbocycles. The van der Waals surface area contributed by atoms with Crippen LogP contribution in [0.4, 0.5) is 0 Å². The third-order valence-electron chi connectivity index (χ3n) is 2.86. The fourth-order valence-corrected chi connectivity index (χ4v) is 1.85. The first-order valence-electron chi connectivity index (χ1n) is 6.11. The van der Waals surface area contributed by atoms with Gasteiger partial charge >= 0.3 is 0 Å². The van der Waals surface area contributed by atoms with E-state index in [1.165, 1.54) is 0 Å². The molecule has 4 nitrogen and oxygen atoms in total. The van der Waals surface area contributed by atoms with E-state index < -0.39 is 0 Å². The number of hydrogen-bond acceptors (Lipinski definition) is 4. The molecule has 0 aliphatic heterocycles. The molecule has 3 aromatic rings. The second-order valence-electron chi connectivity index (χ2n) is 4.21. The Hall–Kier alpha value is -2.33. The zero-order valence-electron chi connectivity index (χ0n) is 10.4. The molecule has 96 valence electrons. The van der Waals surface area contributed by atoms with E-state index in [0.717, 1.165) is 22.4 Å². The Morgan fingerprint density at radius 1 is 1.05 bits per heavy atom. The van der Waals surface area contributed by atoms with Gasteiger partial charge in [-0.1, -0.05) is 24.3 Å². The van der Waals surface area contributed by atoms with E-state index >= 15 is 0 Å². The Bertz CT molecular complexity index is 641. The first-order valence-corrected chi connectivity index (χ1v) is 6.11. The summed E-state index contributed by atoms with van der Waals surface area (Å²) in [4.78, 5) is 4.35. The van der Waals surface area contributed by atoms with Crippen molar-refractivity contribution in [2.45, 2.75) is 13.2 Å². The molecule has 0 radical (unpaired) electrons. The van der Waals surface area contributed by atoms with Crippen molar-refractivity contribution in [1.82, 2.24) is 4.98 Å². The van der Waals surface area contributed by atoms with Crippen molar-refractivity contribution >= 4 is 11.1 Å². The minimum atomic E-state index is 0.316. The Morgan fingerprint density at radius 3 is 2.58 bits per heavy atom. The van der Waals surface area contributed by atoms with E-state index in [9.17, 15) is 0 Å². The lowest BCUT2D eigenvalue weighted by molar-refractivity contribution is 0.267. The number of rotatable bonds is 4. The second-order valence-corrected chi connectivity index (χ2v) is 4.21. The van der Waals surface area contributed by atoms with E-state index in [1.54, 1.807) is 0 Å². The highest BCUT2D eigenvalue weighted by molar-refractivity contribution is 5.72. The topological polar surface area (TPSA) is 61.3 Å². The zero-order chi connectivity index (χ0) is 13.1. The van der Waals surface area contributed by atoms with E-state index in [4.69, 9.17) is 14.9 Å². The highest BCUT2D eigenvalue weighted by Crippen LogP contribution is 2.17. The number of nitrogens with two attached hydrogens (primary N) is 1. The van der Waals surface area contributed by atoms with Crippen LogP contribution >= 0.6 is 0 Å². The van der Waals surface area contributed by atoms with E-state index in [0.29, 0.717) is 19.0 Å². The lowest BCUT2D eigenvalue weighted by atomic mass is 10.2. The average molecular weight is 254 g/mol. The number of aromatic nitrogens is 1. The molecule has 0 aliphatic rings. The molecule has 19 heavy (non-hydrogen) atoms. The molecule has 4 heteroatoms. The number of ether oxygens (including phenoxy) is 1. The van der Waals surface area contributed by atoms with Gasteiger partial charge in [0.05, 0.1) is 0 Å². The predicted molar refractivity (Wildman–Crippen MR) is 72.7 cm³/mol. The van der Waals surface area contributed by atoms with Crippen LogP contribution in [0.3, 0.4) is 0 Å². The molecule has 0 saturated heterocycles. The smallest absolute Gasteiger partial charge is 0.233 e. The van der Waals surface area contributed by atoms with E-state index in [2.05, 4.69) is 4.98 Å². The van der Waals surface area contributed by atoms with Gasteiger partial charge in [-0.15, -0.1) is 0 Å². The molecule has 0 spiro atoms. The maximum absolute atomic E-state index is 5.62. The Morgan fingerprint density at radius 2 is 1.84 bits per heavy atom. The van der Waals surface area contributed by atoms with Gasteiger partial charge in [-0.25, -0.2) is 4.98 Å². The number of oxazole rings is 1. The maximum atomic E-state index is 5.62. The summed E-state index contributed by atoms with van der Waals surface area (Å²) in [7, 11) is 0. The molecule has 1 aromatic heterocycles. The van der Waals surface area contributed by atoms with Crippen LogP contribution in [-0.2, 0) is 13.2 Å². The maximum Gasteiger partial charge on any atom is 0.233 e. The van der Waals surface area contributed by atoms with Crippen molar-refractivity contribution < 1.29 is 9.15 Å². The number of para-hydroxylation sites is 2. The quantitative estimate of drug-likeness (QED) is 0.777. The van der Waals surface area contributed by atoms with Crippen molar-refractivity contribution in [3.63, 3.8) is 0 Å². The molecule has 2 N–H and O–H groups in total. The molecule has 0 saturated carbocycles. The summed E-state index contributed by atoms with van der Waals surface area (Å²) in [5.41, 5.74) is 8.24. The third kappa shape index (κ3) is 2.58. The van der Waals surface area contributed by atoms with Crippen LogP contribution in [0.25, 0.3) is 11.1 Å². The second kappa shape index (κ2) is 5.12. The minimum Gasteiger partial charge on any atom is -0.484 e. The first-order chi connectivity index (χ1) is 9.35. The number of fused-ring (bicyclic) bond motifs is 1. The Balaban J connectivity index is 1.70. The van der Waals surface area contributed by atoms with Crippen LogP contribution in [0.15, 0.2) is 52.9 Å². The van der Waals surface area contributed by atoms with Gasteiger partial charge < -0.3 is 14.9 Å². The van der Waals surface area contributed by atoms with Crippen LogP contribution in [0.5, 0.6) is 5.75 Å². The van der Waals surface area contributed by atoms with Gasteiger partial charge in [-0.3, -0.25) is 0 Å². The lowest BCUT2D eigenvalue weighted by Crippen LogP contribution is -1.98. The van der Waals surface area contributed by atoms with Crippen molar-refractivity contribution in [2.75, 3.05) is 0 Å². The fraction of sp³-hybridized carbons (Fsp3) is 0.133. The highest BCUT2D eigenvalue weighted by Gasteiger charge is 2.05. The Kier molecular flexibility index (Phi) is 3.16. The van der Waals surface area contributed by atoms with Gasteiger partial charge in [0.25, 0.3) is 0 Å². The molecule has 0 amide bonds. The SMILES string of the molecule is NCc1ccc(OCc2nc3ccccc3o2)cc1. The van der Waals surface area contributed by atoms with Crippen molar-refractivity contribution in [3.8, 4) is 5.75 Å². The van der Waals surface area contributed by atoms with Crippen molar-refractivity contribution in [1.29, 1.82) is 0 Å². The predicted octanol–water partition coefficient (Wildman–Crippen LogP) is 2.87. The Labute approximate surface area is 110 Å². The molecule has 1 heterocycles. The summed E-state index contributed by atoms with van der Waals surface area (Å²) in [5, 5.41) is 0. The normalized spacial score (nSPS) is 10.8. The van der Waals surface area contributed by atoms with Gasteiger partial charge in [0.15, 0.2) is 12.2 Å². The largest absolute Gasteiger partial charge is 0.484 e. The molecule has 0 bridgehead atoms. The van der Waals surface area contributed by atoms with Gasteiger partial charge in [0.2, 0.25) is 5.89 Å². The summed E-state index contributed by atoms with van der Waals surface area (Å²) in [6, 6.07) is 15.3. The first kappa shape index (κ1) is 11.7. The third-order valence-corrected chi connectivity index (χ3v) is 2.86. The molecule has 0 aliphatic carbocycles. The number of nitrogens with zero attached hydrogens (tertiary/aromatic N) is 1. The van der Waals surface area contributed by atoms with Gasteiger partial charge in [0.1, 0.15) is 11.3 Å². The van der Waals surface area contributed by atoms with E-state index in [1.807, 2.05) is 48.5 Å². The summed E-state index contributed by atoms with van der Waals surface area (Å²) >= 11 is 0. The molecule has 0 fully saturated rings. The molecule has 0 unspecified atom stereocenters. The summed E-state index contributed by atoms with van der Waals surface area (Å²) in [6.45, 7) is 0.849. The fourth-order valence-electron chi connectivity index (χ4n) is 1.85. The van der Waals surface area contributed by atoms with Crippen LogP contribution in [0, 0.1) is 0 Å². The summed E-state index contributed by atoms with van der Waals surface area (Å²) in [5.74, 6) is 1.35. The molecule has 0 atom stereocenters. The number of hydrogen-bond donors (Lipinski definition) is 1. The zero-order valence-corrected chi connectivity index (χ0v) is 10.4. The van der Waals surface area contributed by atoms with Crippen LogP contribution in [0.2, 0.25) is 0 Å². The van der Waals surface area contributed by atoms with Crippen molar-refractivity contribution in [2.24, 2.45) is 5.73 Å². The lowest BCUT2D eigenvalue weighted by Gasteiger charge is -2.04. The summed E-state index contributed by atoms with van der Waals surface area (Å²) in [6.07, 6.45) is 0. The monoisotopic (exact) mass is 254 g/mol. The van der Waals surface area contributed by atoms with Crippen LogP contribution in [0.1, 0.15) is 11.5 Å². The van der Waals surface area contributed by atoms with Gasteiger partial charge in [0, 0.05) is 6.54 Å². The highest BCUT2D eigenvalue weighted by atomic mass is 16.5. The standard InChI is InChI=1S/C15H14N2O2/c16-9-11-5-7-12(8-6-11)18-10-15-17-13-3-1-2-4-14(13)19-15/h1-8H,9-10,16H2. The molecular weight excluding hydrogens is 240 g/mol. The van der Waals surface area contributed by atoms with Gasteiger partial charge in [-0.05, 0) is 29.8 Å². The van der Waals surface area contributed by atoms with Crippen LogP contribution in [-0.4, -0.2) is 4.98 Å². The summed E-state index contributed by atoms with van der Waals surface area (Å²) < 4.78 is 11.2. The number of benzene rings is 2.